The van der Waals surface area contributed by atoms with Gasteiger partial charge in [-0.15, -0.1) is 0 Å². The summed E-state index contributed by atoms with van der Waals surface area (Å²) in [5.74, 6) is -0.212. The van der Waals surface area contributed by atoms with Crippen molar-refractivity contribution in [2.24, 2.45) is 0 Å². The molecule has 1 amide bonds. The molecular weight excluding hydrogens is 548 g/mol. The number of anilines is 2. The van der Waals surface area contributed by atoms with Gasteiger partial charge in [0, 0.05) is 44.8 Å². The van der Waals surface area contributed by atoms with Crippen LogP contribution in [-0.2, 0) is 37.7 Å². The lowest BCUT2D eigenvalue weighted by Crippen LogP contribution is -2.46. The second kappa shape index (κ2) is 11.7. The molecule has 11 heteroatoms. The van der Waals surface area contributed by atoms with Gasteiger partial charge in [0.2, 0.25) is 15.9 Å². The van der Waals surface area contributed by atoms with Crippen molar-refractivity contribution >= 4 is 37.3 Å². The average Bonchev–Trinajstić information content (AvgIpc) is 2.96. The lowest BCUT2D eigenvalue weighted by Gasteiger charge is -2.31. The SMILES string of the molecule is CN1CCN(S(=O)(=O)c2ccc(NC(=O)CCc3ccc(S(=O)(=O)N4CCCc5ccccc54)cc3)cc2)CC1. The van der Waals surface area contributed by atoms with E-state index in [9.17, 15) is 21.6 Å². The minimum Gasteiger partial charge on any atom is -0.326 e. The maximum Gasteiger partial charge on any atom is 0.264 e. The molecule has 3 aromatic carbocycles. The second-order valence-corrected chi connectivity index (χ2v) is 14.0. The Bertz CT molecular complexity index is 1570. The highest BCUT2D eigenvalue weighted by Gasteiger charge is 2.29. The van der Waals surface area contributed by atoms with Gasteiger partial charge >= 0.3 is 0 Å². The number of carbonyl (C=O) groups is 1. The van der Waals surface area contributed by atoms with E-state index >= 15 is 0 Å². The van der Waals surface area contributed by atoms with Gasteiger partial charge < -0.3 is 10.2 Å². The number of hydrogen-bond donors (Lipinski definition) is 1. The fourth-order valence-corrected chi connectivity index (χ4v) is 8.04. The molecule has 2 heterocycles. The third-order valence-corrected chi connectivity index (χ3v) is 11.2. The Kier molecular flexibility index (Phi) is 8.27. The van der Waals surface area contributed by atoms with E-state index in [1.807, 2.05) is 31.3 Å². The zero-order valence-corrected chi connectivity index (χ0v) is 24.1. The number of benzene rings is 3. The quantitative estimate of drug-likeness (QED) is 0.437. The highest BCUT2D eigenvalue weighted by molar-refractivity contribution is 7.92. The summed E-state index contributed by atoms with van der Waals surface area (Å²) in [6, 6.07) is 20.5. The van der Waals surface area contributed by atoms with Gasteiger partial charge in [0.05, 0.1) is 15.5 Å². The molecule has 0 saturated carbocycles. The number of nitrogens with zero attached hydrogens (tertiary/aromatic N) is 3. The monoisotopic (exact) mass is 582 g/mol. The zero-order valence-electron chi connectivity index (χ0n) is 22.5. The molecule has 0 aromatic heterocycles. The highest BCUT2D eigenvalue weighted by Crippen LogP contribution is 2.32. The number of carbonyl (C=O) groups excluding carboxylic acids is 1. The van der Waals surface area contributed by atoms with Crippen LogP contribution in [-0.4, -0.2) is 71.7 Å². The van der Waals surface area contributed by atoms with Crippen molar-refractivity contribution in [2.75, 3.05) is 49.4 Å². The molecule has 40 heavy (non-hydrogen) atoms. The van der Waals surface area contributed by atoms with Crippen LogP contribution in [0.4, 0.5) is 11.4 Å². The molecular formula is C29H34N4O5S2. The van der Waals surface area contributed by atoms with Crippen LogP contribution >= 0.6 is 0 Å². The Balaban J connectivity index is 1.16. The standard InChI is InChI=1S/C29H34N4O5S2/c1-31-19-21-32(22-20-31)39(35,36)26-15-11-25(12-16-26)30-29(34)17-10-23-8-13-27(14-9-23)40(37,38)33-18-4-6-24-5-2-3-7-28(24)33/h2-3,5,7-9,11-16H,4,6,10,17-22H2,1H3,(H,30,34). The molecule has 5 rings (SSSR count). The summed E-state index contributed by atoms with van der Waals surface area (Å²) in [5.41, 5.74) is 3.14. The molecule has 0 bridgehead atoms. The van der Waals surface area contributed by atoms with Gasteiger partial charge in [0.15, 0.2) is 0 Å². The highest BCUT2D eigenvalue weighted by atomic mass is 32.2. The van der Waals surface area contributed by atoms with Gasteiger partial charge in [-0.25, -0.2) is 16.8 Å². The topological polar surface area (TPSA) is 107 Å². The van der Waals surface area contributed by atoms with Gasteiger partial charge in [-0.1, -0.05) is 30.3 Å². The summed E-state index contributed by atoms with van der Waals surface area (Å²) in [6.07, 6.45) is 2.28. The first kappa shape index (κ1) is 28.3. The fraction of sp³-hybridized carbons (Fsp3) is 0.345. The number of sulfonamides is 2. The Hall–Kier alpha value is -3.25. The maximum atomic E-state index is 13.3. The first-order valence-corrected chi connectivity index (χ1v) is 16.3. The number of hydrogen-bond acceptors (Lipinski definition) is 6. The van der Waals surface area contributed by atoms with Crippen LogP contribution in [0.15, 0.2) is 82.6 Å². The van der Waals surface area contributed by atoms with Crippen LogP contribution < -0.4 is 9.62 Å². The largest absolute Gasteiger partial charge is 0.326 e. The Labute approximate surface area is 236 Å². The average molecular weight is 583 g/mol. The number of aryl methyl sites for hydroxylation is 2. The predicted octanol–water partition coefficient (Wildman–Crippen LogP) is 3.34. The minimum absolute atomic E-state index is 0.201. The van der Waals surface area contributed by atoms with Crippen molar-refractivity contribution in [1.82, 2.24) is 9.21 Å². The number of piperazine rings is 1. The van der Waals surface area contributed by atoms with Crippen molar-refractivity contribution in [1.29, 1.82) is 0 Å². The summed E-state index contributed by atoms with van der Waals surface area (Å²) < 4.78 is 55.4. The van der Waals surface area contributed by atoms with Gasteiger partial charge in [-0.2, -0.15) is 4.31 Å². The van der Waals surface area contributed by atoms with Crippen molar-refractivity contribution in [2.45, 2.75) is 35.5 Å². The summed E-state index contributed by atoms with van der Waals surface area (Å²) in [5, 5.41) is 2.81. The third kappa shape index (κ3) is 6.07. The van der Waals surface area contributed by atoms with E-state index in [-0.39, 0.29) is 22.1 Å². The van der Waals surface area contributed by atoms with E-state index in [1.165, 1.54) is 20.7 Å². The van der Waals surface area contributed by atoms with Crippen LogP contribution in [0.25, 0.3) is 0 Å². The van der Waals surface area contributed by atoms with Gasteiger partial charge in [0.1, 0.15) is 0 Å². The van der Waals surface area contributed by atoms with E-state index in [4.69, 9.17) is 0 Å². The Morgan fingerprint density at radius 1 is 0.775 bits per heavy atom. The Morgan fingerprint density at radius 3 is 2.10 bits per heavy atom. The van der Waals surface area contributed by atoms with E-state index in [0.29, 0.717) is 44.8 Å². The molecule has 0 unspecified atom stereocenters. The van der Waals surface area contributed by atoms with Gasteiger partial charge in [-0.3, -0.25) is 9.10 Å². The fourth-order valence-electron chi connectivity index (χ4n) is 5.07. The van der Waals surface area contributed by atoms with E-state index in [1.54, 1.807) is 36.4 Å². The van der Waals surface area contributed by atoms with Crippen LogP contribution in [0.2, 0.25) is 0 Å². The molecule has 212 valence electrons. The Morgan fingerprint density at radius 2 is 1.40 bits per heavy atom. The van der Waals surface area contributed by atoms with Crippen molar-refractivity contribution in [3.63, 3.8) is 0 Å². The smallest absolute Gasteiger partial charge is 0.264 e. The molecule has 0 aliphatic carbocycles. The van der Waals surface area contributed by atoms with Crippen molar-refractivity contribution < 1.29 is 21.6 Å². The first-order valence-electron chi connectivity index (χ1n) is 13.4. The lowest BCUT2D eigenvalue weighted by molar-refractivity contribution is -0.116. The van der Waals surface area contributed by atoms with Crippen LogP contribution in [0, 0.1) is 0 Å². The van der Waals surface area contributed by atoms with Crippen molar-refractivity contribution in [3.8, 4) is 0 Å². The minimum atomic E-state index is -3.68. The number of rotatable bonds is 8. The van der Waals surface area contributed by atoms with E-state index < -0.39 is 20.0 Å². The molecule has 2 aliphatic rings. The predicted molar refractivity (Wildman–Crippen MR) is 155 cm³/mol. The number of fused-ring (bicyclic) bond motifs is 1. The molecule has 2 aliphatic heterocycles. The third-order valence-electron chi connectivity index (χ3n) is 7.46. The number of likely N-dealkylation sites (N-methyl/N-ethyl adjacent to an activating group) is 1. The molecule has 0 atom stereocenters. The summed E-state index contributed by atoms with van der Waals surface area (Å²) in [4.78, 5) is 15.1. The summed E-state index contributed by atoms with van der Waals surface area (Å²) in [6.45, 7) is 2.74. The molecule has 0 spiro atoms. The number of amides is 1. The van der Waals surface area contributed by atoms with E-state index in [2.05, 4.69) is 10.2 Å². The number of nitrogens with one attached hydrogen (secondary N) is 1. The van der Waals surface area contributed by atoms with Crippen LogP contribution in [0.1, 0.15) is 24.0 Å². The number of para-hydroxylation sites is 1. The molecule has 1 fully saturated rings. The zero-order chi connectivity index (χ0) is 28.3. The van der Waals surface area contributed by atoms with Crippen LogP contribution in [0.3, 0.4) is 0 Å². The first-order chi connectivity index (χ1) is 19.1. The van der Waals surface area contributed by atoms with Crippen LogP contribution in [0.5, 0.6) is 0 Å². The van der Waals surface area contributed by atoms with Gasteiger partial charge in [-0.05, 0) is 79.9 Å². The van der Waals surface area contributed by atoms with Crippen molar-refractivity contribution in [3.05, 3.63) is 83.9 Å². The van der Waals surface area contributed by atoms with Gasteiger partial charge in [0.25, 0.3) is 10.0 Å². The summed E-state index contributed by atoms with van der Waals surface area (Å²) >= 11 is 0. The molecule has 3 aromatic rings. The lowest BCUT2D eigenvalue weighted by atomic mass is 10.0. The normalized spacial score (nSPS) is 16.9. The maximum absolute atomic E-state index is 13.3. The second-order valence-electron chi connectivity index (χ2n) is 10.2. The molecule has 1 N–H and O–H groups in total. The molecule has 9 nitrogen and oxygen atoms in total. The van der Waals surface area contributed by atoms with E-state index in [0.717, 1.165) is 29.7 Å². The molecule has 1 saturated heterocycles. The summed E-state index contributed by atoms with van der Waals surface area (Å²) in [7, 11) is -5.28. The molecule has 0 radical (unpaired) electrons.